The van der Waals surface area contributed by atoms with Crippen molar-refractivity contribution in [3.05, 3.63) is 66.2 Å². The molecular weight excluding hydrogens is 352 g/mol. The summed E-state index contributed by atoms with van der Waals surface area (Å²) in [5.41, 5.74) is 2.66. The van der Waals surface area contributed by atoms with E-state index in [0.717, 1.165) is 50.8 Å². The molecule has 0 radical (unpaired) electrons. The van der Waals surface area contributed by atoms with Gasteiger partial charge in [-0.2, -0.15) is 0 Å². The largest absolute Gasteiger partial charge is 0.369 e. The van der Waals surface area contributed by atoms with Crippen LogP contribution < -0.4 is 15.5 Å². The maximum absolute atomic E-state index is 5.42. The van der Waals surface area contributed by atoms with Crippen LogP contribution in [0.2, 0.25) is 0 Å². The van der Waals surface area contributed by atoms with E-state index in [1.54, 1.807) is 0 Å². The van der Waals surface area contributed by atoms with Crippen molar-refractivity contribution < 1.29 is 0 Å². The molecule has 2 N–H and O–H groups in total. The number of nitrogens with one attached hydrogen (secondary N) is 2. The monoisotopic (exact) mass is 382 g/mol. The Hall–Kier alpha value is -2.11. The van der Waals surface area contributed by atoms with Gasteiger partial charge in [0.25, 0.3) is 0 Å². The Balaban J connectivity index is 1.32. The summed E-state index contributed by atoms with van der Waals surface area (Å²) in [7, 11) is 0. The van der Waals surface area contributed by atoms with Crippen LogP contribution in [0.1, 0.15) is 12.5 Å². The van der Waals surface area contributed by atoms with Gasteiger partial charge >= 0.3 is 0 Å². The van der Waals surface area contributed by atoms with Crippen LogP contribution in [0.4, 0.5) is 5.69 Å². The molecule has 144 valence electrons. The molecule has 4 nitrogen and oxygen atoms in total. The highest BCUT2D eigenvalue weighted by Crippen LogP contribution is 2.16. The van der Waals surface area contributed by atoms with E-state index in [9.17, 15) is 0 Å². The molecule has 1 saturated heterocycles. The number of thiocarbonyl (C=S) groups is 1. The van der Waals surface area contributed by atoms with Gasteiger partial charge in [-0.05, 0) is 43.3 Å². The normalized spacial score (nSPS) is 16.0. The Morgan fingerprint density at radius 2 is 1.56 bits per heavy atom. The smallest absolute Gasteiger partial charge is 0.166 e. The molecule has 0 aromatic heterocycles. The summed E-state index contributed by atoms with van der Waals surface area (Å²) < 4.78 is 0. The summed E-state index contributed by atoms with van der Waals surface area (Å²) in [5, 5.41) is 7.44. The standard InChI is InChI=1S/C22H30N4S/c1-19(18-24-22(27)23-13-12-20-8-4-2-5-9-20)25-14-16-26(17-15-25)21-10-6-3-7-11-21/h2-11,19H,12-18H2,1H3,(H2,23,24,27)/t19-/m0/s1. The first-order chi connectivity index (χ1) is 13.2. The molecule has 1 atom stereocenters. The molecule has 1 aliphatic heterocycles. The van der Waals surface area contributed by atoms with Crippen molar-refractivity contribution in [2.75, 3.05) is 44.2 Å². The van der Waals surface area contributed by atoms with Crippen LogP contribution in [-0.4, -0.2) is 55.3 Å². The Bertz CT molecular complexity index is 684. The van der Waals surface area contributed by atoms with Crippen molar-refractivity contribution in [1.82, 2.24) is 15.5 Å². The highest BCUT2D eigenvalue weighted by Gasteiger charge is 2.21. The summed E-state index contributed by atoms with van der Waals surface area (Å²) in [6.07, 6.45) is 0.986. The number of nitrogens with zero attached hydrogens (tertiary/aromatic N) is 2. The van der Waals surface area contributed by atoms with Crippen molar-refractivity contribution in [3.8, 4) is 0 Å². The van der Waals surface area contributed by atoms with E-state index >= 15 is 0 Å². The summed E-state index contributed by atoms with van der Waals surface area (Å²) in [5.74, 6) is 0. The minimum absolute atomic E-state index is 0.469. The van der Waals surface area contributed by atoms with E-state index in [1.807, 2.05) is 6.07 Å². The molecule has 2 aromatic carbocycles. The fourth-order valence-electron chi connectivity index (χ4n) is 3.46. The first kappa shape index (κ1) is 19.6. The van der Waals surface area contributed by atoms with E-state index in [0.29, 0.717) is 6.04 Å². The molecular formula is C22H30N4S. The average molecular weight is 383 g/mol. The first-order valence-corrected chi connectivity index (χ1v) is 10.2. The first-order valence-electron chi connectivity index (χ1n) is 9.82. The van der Waals surface area contributed by atoms with E-state index in [1.165, 1.54) is 11.3 Å². The van der Waals surface area contributed by atoms with Gasteiger partial charge in [0, 0.05) is 51.0 Å². The van der Waals surface area contributed by atoms with Crippen molar-refractivity contribution in [2.24, 2.45) is 0 Å². The second kappa shape index (κ2) is 10.3. The topological polar surface area (TPSA) is 30.5 Å². The van der Waals surface area contributed by atoms with E-state index in [2.05, 4.69) is 82.0 Å². The van der Waals surface area contributed by atoms with Crippen LogP contribution in [0.5, 0.6) is 0 Å². The lowest BCUT2D eigenvalue weighted by Gasteiger charge is -2.39. The van der Waals surface area contributed by atoms with Gasteiger partial charge in [0.2, 0.25) is 0 Å². The minimum Gasteiger partial charge on any atom is -0.369 e. The van der Waals surface area contributed by atoms with Crippen molar-refractivity contribution >= 4 is 23.0 Å². The van der Waals surface area contributed by atoms with Crippen molar-refractivity contribution in [3.63, 3.8) is 0 Å². The second-order valence-electron chi connectivity index (χ2n) is 7.08. The number of anilines is 1. The molecule has 3 rings (SSSR count). The van der Waals surface area contributed by atoms with Crippen LogP contribution in [-0.2, 0) is 6.42 Å². The number of rotatable bonds is 7. The highest BCUT2D eigenvalue weighted by atomic mass is 32.1. The molecule has 5 heteroatoms. The van der Waals surface area contributed by atoms with Gasteiger partial charge < -0.3 is 15.5 Å². The van der Waals surface area contributed by atoms with Crippen LogP contribution in [0.3, 0.4) is 0 Å². The van der Waals surface area contributed by atoms with Crippen molar-refractivity contribution in [2.45, 2.75) is 19.4 Å². The number of hydrogen-bond acceptors (Lipinski definition) is 3. The Labute approximate surface area is 168 Å². The molecule has 0 bridgehead atoms. The van der Waals surface area contributed by atoms with E-state index in [4.69, 9.17) is 12.2 Å². The predicted octanol–water partition coefficient (Wildman–Crippen LogP) is 2.90. The molecule has 1 aliphatic rings. The summed E-state index contributed by atoms with van der Waals surface area (Å²) in [4.78, 5) is 5.01. The summed E-state index contributed by atoms with van der Waals surface area (Å²) in [6.45, 7) is 8.35. The van der Waals surface area contributed by atoms with Gasteiger partial charge in [-0.1, -0.05) is 48.5 Å². The van der Waals surface area contributed by atoms with Crippen molar-refractivity contribution in [1.29, 1.82) is 0 Å². The van der Waals surface area contributed by atoms with Gasteiger partial charge in [0.1, 0.15) is 0 Å². The predicted molar refractivity (Wildman–Crippen MR) is 118 cm³/mol. The quantitative estimate of drug-likeness (QED) is 0.719. The average Bonchev–Trinajstić information content (AvgIpc) is 2.73. The van der Waals surface area contributed by atoms with Crippen LogP contribution in [0, 0.1) is 0 Å². The van der Waals surface area contributed by atoms with Gasteiger partial charge in [0.15, 0.2) is 5.11 Å². The molecule has 2 aromatic rings. The zero-order valence-electron chi connectivity index (χ0n) is 16.1. The van der Waals surface area contributed by atoms with E-state index < -0.39 is 0 Å². The maximum Gasteiger partial charge on any atom is 0.166 e. The number of piperazine rings is 1. The Morgan fingerprint density at radius 3 is 2.22 bits per heavy atom. The molecule has 0 saturated carbocycles. The maximum atomic E-state index is 5.42. The van der Waals surface area contributed by atoms with Crippen LogP contribution in [0.15, 0.2) is 60.7 Å². The molecule has 1 heterocycles. The molecule has 0 spiro atoms. The summed E-state index contributed by atoms with van der Waals surface area (Å²) >= 11 is 5.42. The van der Waals surface area contributed by atoms with Gasteiger partial charge in [-0.15, -0.1) is 0 Å². The Kier molecular flexibility index (Phi) is 7.48. The van der Waals surface area contributed by atoms with Gasteiger partial charge in [-0.25, -0.2) is 0 Å². The molecule has 1 fully saturated rings. The number of hydrogen-bond donors (Lipinski definition) is 2. The van der Waals surface area contributed by atoms with Gasteiger partial charge in [0.05, 0.1) is 0 Å². The zero-order chi connectivity index (χ0) is 18.9. The number of benzene rings is 2. The third kappa shape index (κ3) is 6.22. The van der Waals surface area contributed by atoms with Crippen LogP contribution >= 0.6 is 12.2 Å². The lowest BCUT2D eigenvalue weighted by molar-refractivity contribution is 0.197. The summed E-state index contributed by atoms with van der Waals surface area (Å²) in [6, 6.07) is 21.6. The third-order valence-electron chi connectivity index (χ3n) is 5.16. The van der Waals surface area contributed by atoms with E-state index in [-0.39, 0.29) is 0 Å². The molecule has 0 unspecified atom stereocenters. The molecule has 27 heavy (non-hydrogen) atoms. The SMILES string of the molecule is C[C@@H](CNC(=S)NCCc1ccccc1)N1CCN(c2ccccc2)CC1. The fourth-order valence-corrected chi connectivity index (χ4v) is 3.64. The lowest BCUT2D eigenvalue weighted by Crippen LogP contribution is -2.53. The number of para-hydroxylation sites is 1. The highest BCUT2D eigenvalue weighted by molar-refractivity contribution is 7.80. The molecule has 0 aliphatic carbocycles. The van der Waals surface area contributed by atoms with Crippen LogP contribution in [0.25, 0.3) is 0 Å². The lowest BCUT2D eigenvalue weighted by atomic mass is 10.1. The zero-order valence-corrected chi connectivity index (χ0v) is 16.9. The van der Waals surface area contributed by atoms with Gasteiger partial charge in [-0.3, -0.25) is 4.90 Å². The third-order valence-corrected chi connectivity index (χ3v) is 5.45. The second-order valence-corrected chi connectivity index (χ2v) is 7.49. The minimum atomic E-state index is 0.469. The molecule has 0 amide bonds. The Morgan fingerprint density at radius 1 is 0.926 bits per heavy atom. The fraction of sp³-hybridized carbons (Fsp3) is 0.409.